The van der Waals surface area contributed by atoms with E-state index < -0.39 is 28.4 Å². The molecule has 6 rings (SSSR count). The molecule has 0 radical (unpaired) electrons. The summed E-state index contributed by atoms with van der Waals surface area (Å²) < 4.78 is 67.7. The van der Waals surface area contributed by atoms with Gasteiger partial charge in [0.05, 0.1) is 0 Å². The first-order valence-corrected chi connectivity index (χ1v) is 16.7. The van der Waals surface area contributed by atoms with Crippen LogP contribution in [0, 0.1) is 0 Å². The first-order valence-electron chi connectivity index (χ1n) is 12.6. The molecular weight excluding hydrogens is 575 g/mol. The van der Waals surface area contributed by atoms with Gasteiger partial charge >= 0.3 is 10.1 Å². The van der Waals surface area contributed by atoms with Gasteiger partial charge in [-0.15, -0.1) is 0 Å². The van der Waals surface area contributed by atoms with Gasteiger partial charge in [-0.05, 0) is 34.0 Å². The summed E-state index contributed by atoms with van der Waals surface area (Å²) in [5.41, 5.74) is 1.41. The Morgan fingerprint density at radius 1 is 0.463 bits per heavy atom. The van der Waals surface area contributed by atoms with Crippen LogP contribution in [0.4, 0.5) is 0 Å². The third kappa shape index (κ3) is 5.28. The monoisotopic (exact) mass is 598 g/mol. The second-order valence-corrected chi connectivity index (χ2v) is 14.2. The topological polar surface area (TPSA) is 97.7 Å². The van der Waals surface area contributed by atoms with Crippen LogP contribution in [0.25, 0.3) is 32.7 Å². The predicted octanol–water partition coefficient (Wildman–Crippen LogP) is 6.66. The van der Waals surface area contributed by atoms with Crippen LogP contribution in [-0.2, 0) is 24.2 Å². The van der Waals surface area contributed by atoms with Crippen molar-refractivity contribution < 1.29 is 25.4 Å². The highest BCUT2D eigenvalue weighted by molar-refractivity contribution is 7.93. The molecule has 6 aromatic carbocycles. The SMILES string of the molecule is O=S(=O)(O)c1cccc2c(-c3cccc4c(S(=O)(=O)OP(c5ccccc5)c5ccccc5)cccc34)cccc12. The molecule has 9 heteroatoms. The molecule has 0 bridgehead atoms. The highest BCUT2D eigenvalue weighted by Gasteiger charge is 2.27. The van der Waals surface area contributed by atoms with E-state index in [1.165, 1.54) is 12.1 Å². The number of rotatable bonds is 7. The minimum Gasteiger partial charge on any atom is -0.282 e. The van der Waals surface area contributed by atoms with Crippen molar-refractivity contribution in [1.82, 2.24) is 0 Å². The Morgan fingerprint density at radius 3 is 1.37 bits per heavy atom. The second kappa shape index (κ2) is 10.8. The van der Waals surface area contributed by atoms with Gasteiger partial charge in [-0.25, -0.2) is 3.97 Å². The van der Waals surface area contributed by atoms with Crippen LogP contribution in [0.3, 0.4) is 0 Å². The third-order valence-electron chi connectivity index (χ3n) is 6.76. The molecule has 0 aliphatic heterocycles. The molecule has 0 saturated heterocycles. The second-order valence-electron chi connectivity index (χ2n) is 9.28. The largest absolute Gasteiger partial charge is 0.301 e. The van der Waals surface area contributed by atoms with Crippen LogP contribution in [0.1, 0.15) is 0 Å². The normalized spacial score (nSPS) is 12.2. The molecule has 204 valence electrons. The van der Waals surface area contributed by atoms with Crippen LogP contribution in [-0.4, -0.2) is 21.4 Å². The van der Waals surface area contributed by atoms with Crippen molar-refractivity contribution in [3.05, 3.63) is 133 Å². The number of fused-ring (bicyclic) bond motifs is 2. The maximum absolute atomic E-state index is 13.9. The zero-order chi connectivity index (χ0) is 28.6. The van der Waals surface area contributed by atoms with E-state index in [1.807, 2.05) is 78.9 Å². The summed E-state index contributed by atoms with van der Waals surface area (Å²) in [6, 6.07) is 38.8. The molecule has 0 fully saturated rings. The standard InChI is InChI=1S/C32H23O6PS2/c33-40(34,35)31-21-9-17-27-25(15-7-19-29(27)31)26-16-8-20-30-28(26)18-10-22-32(30)41(36,37)38-39(23-11-3-1-4-12-23)24-13-5-2-6-14-24/h1-22H,(H,33,34,35). The van der Waals surface area contributed by atoms with E-state index >= 15 is 0 Å². The Labute approximate surface area is 239 Å². The highest BCUT2D eigenvalue weighted by Crippen LogP contribution is 2.42. The molecule has 0 aliphatic carbocycles. The molecule has 0 atom stereocenters. The van der Waals surface area contributed by atoms with Crippen molar-refractivity contribution in [2.45, 2.75) is 9.79 Å². The molecule has 0 heterocycles. The minimum atomic E-state index is -4.45. The summed E-state index contributed by atoms with van der Waals surface area (Å²) >= 11 is 0. The molecule has 0 aliphatic rings. The van der Waals surface area contributed by atoms with Crippen molar-refractivity contribution in [2.75, 3.05) is 0 Å². The first kappa shape index (κ1) is 27.3. The Hall–Kier alpha value is -3.91. The Balaban J connectivity index is 1.50. The van der Waals surface area contributed by atoms with E-state index in [2.05, 4.69) is 0 Å². The van der Waals surface area contributed by atoms with Gasteiger partial charge in [0.25, 0.3) is 10.1 Å². The fourth-order valence-electron chi connectivity index (χ4n) is 4.98. The van der Waals surface area contributed by atoms with Gasteiger partial charge in [0.1, 0.15) is 17.9 Å². The van der Waals surface area contributed by atoms with Crippen LogP contribution in [0.5, 0.6) is 0 Å². The highest BCUT2D eigenvalue weighted by atomic mass is 32.2. The van der Waals surface area contributed by atoms with E-state index in [4.69, 9.17) is 3.97 Å². The van der Waals surface area contributed by atoms with Gasteiger partial charge < -0.3 is 0 Å². The Kier molecular flexibility index (Phi) is 7.20. The molecule has 0 aromatic heterocycles. The van der Waals surface area contributed by atoms with Crippen LogP contribution in [0.2, 0.25) is 0 Å². The van der Waals surface area contributed by atoms with Gasteiger partial charge in [-0.1, -0.05) is 121 Å². The van der Waals surface area contributed by atoms with E-state index in [0.717, 1.165) is 10.6 Å². The average Bonchev–Trinajstić information content (AvgIpc) is 2.99. The number of benzene rings is 6. The molecule has 0 amide bonds. The molecule has 0 spiro atoms. The van der Waals surface area contributed by atoms with Crippen molar-refractivity contribution in [3.8, 4) is 11.1 Å². The molecule has 41 heavy (non-hydrogen) atoms. The summed E-state index contributed by atoms with van der Waals surface area (Å²) in [6.45, 7) is 0. The van der Waals surface area contributed by atoms with Gasteiger partial charge in [0.2, 0.25) is 0 Å². The van der Waals surface area contributed by atoms with Crippen molar-refractivity contribution in [3.63, 3.8) is 0 Å². The summed E-state index contributed by atoms with van der Waals surface area (Å²) in [5, 5.41) is 3.64. The lowest BCUT2D eigenvalue weighted by Gasteiger charge is -2.19. The first-order chi connectivity index (χ1) is 19.7. The Morgan fingerprint density at radius 2 is 0.878 bits per heavy atom. The molecule has 6 aromatic rings. The molecule has 0 unspecified atom stereocenters. The summed E-state index contributed by atoms with van der Waals surface area (Å²) in [4.78, 5) is -0.154. The van der Waals surface area contributed by atoms with Gasteiger partial charge in [0.15, 0.2) is 0 Å². The summed E-state index contributed by atoms with van der Waals surface area (Å²) in [5.74, 6) is 0. The van der Waals surface area contributed by atoms with Crippen molar-refractivity contribution >= 4 is 60.5 Å². The zero-order valence-electron chi connectivity index (χ0n) is 21.5. The third-order valence-corrected chi connectivity index (χ3v) is 11.5. The lowest BCUT2D eigenvalue weighted by Crippen LogP contribution is -2.17. The average molecular weight is 599 g/mol. The molecule has 1 N–H and O–H groups in total. The van der Waals surface area contributed by atoms with E-state index in [0.29, 0.717) is 32.7 Å². The number of hydrogen-bond donors (Lipinski definition) is 1. The predicted molar refractivity (Wildman–Crippen MR) is 164 cm³/mol. The maximum Gasteiger partial charge on any atom is 0.301 e. The van der Waals surface area contributed by atoms with Crippen LogP contribution in [0.15, 0.2) is 143 Å². The number of hydrogen-bond acceptors (Lipinski definition) is 5. The zero-order valence-corrected chi connectivity index (χ0v) is 24.0. The van der Waals surface area contributed by atoms with E-state index in [1.54, 1.807) is 42.5 Å². The minimum absolute atomic E-state index is 0.0371. The van der Waals surface area contributed by atoms with Crippen molar-refractivity contribution in [2.24, 2.45) is 0 Å². The Bertz CT molecular complexity index is 2080. The van der Waals surface area contributed by atoms with Gasteiger partial charge in [-0.2, -0.15) is 16.8 Å². The fraction of sp³-hybridized carbons (Fsp3) is 0. The smallest absolute Gasteiger partial charge is 0.282 e. The summed E-state index contributed by atoms with van der Waals surface area (Å²) in [7, 11) is -10.4. The quantitative estimate of drug-likeness (QED) is 0.163. The van der Waals surface area contributed by atoms with Gasteiger partial charge in [0, 0.05) is 21.4 Å². The lowest BCUT2D eigenvalue weighted by molar-refractivity contribution is 0.484. The molecular formula is C32H23O6PS2. The van der Waals surface area contributed by atoms with E-state index in [9.17, 15) is 21.4 Å². The van der Waals surface area contributed by atoms with E-state index in [-0.39, 0.29) is 9.79 Å². The molecule has 6 nitrogen and oxygen atoms in total. The lowest BCUT2D eigenvalue weighted by atomic mass is 9.94. The van der Waals surface area contributed by atoms with Gasteiger partial charge in [-0.3, -0.25) is 4.55 Å². The van der Waals surface area contributed by atoms with Crippen molar-refractivity contribution in [1.29, 1.82) is 0 Å². The summed E-state index contributed by atoms with van der Waals surface area (Å²) in [6.07, 6.45) is 0. The fourth-order valence-corrected chi connectivity index (χ4v) is 9.35. The molecule has 0 saturated carbocycles. The van der Waals surface area contributed by atoms with Crippen LogP contribution >= 0.6 is 8.15 Å². The van der Waals surface area contributed by atoms with Crippen LogP contribution < -0.4 is 10.6 Å². The maximum atomic E-state index is 13.9.